The fourth-order valence-corrected chi connectivity index (χ4v) is 2.30. The van der Waals surface area contributed by atoms with Gasteiger partial charge in [0.2, 0.25) is 11.9 Å². The van der Waals surface area contributed by atoms with E-state index in [4.69, 9.17) is 0 Å². The first-order valence-electron chi connectivity index (χ1n) is 8.77. The maximum atomic E-state index is 11.6. The Morgan fingerprint density at radius 3 is 2.56 bits per heavy atom. The molecule has 6 heteroatoms. The maximum Gasteiger partial charge on any atom is 0.224 e. The minimum absolute atomic E-state index is 0.0931. The average molecular weight is 341 g/mol. The molecule has 134 valence electrons. The van der Waals surface area contributed by atoms with Crippen LogP contribution in [0.4, 0.5) is 17.5 Å². The molecule has 6 nitrogen and oxygen atoms in total. The smallest absolute Gasteiger partial charge is 0.224 e. The van der Waals surface area contributed by atoms with Gasteiger partial charge in [-0.15, -0.1) is 0 Å². The molecule has 3 N–H and O–H groups in total. The van der Waals surface area contributed by atoms with Crippen molar-refractivity contribution < 1.29 is 4.79 Å². The number of carbonyl (C=O) groups is 1. The van der Waals surface area contributed by atoms with Crippen LogP contribution in [0, 0.1) is 13.8 Å². The fourth-order valence-electron chi connectivity index (χ4n) is 2.30. The molecule has 0 fully saturated rings. The summed E-state index contributed by atoms with van der Waals surface area (Å²) in [5, 5.41) is 9.33. The zero-order chi connectivity index (χ0) is 18.1. The summed E-state index contributed by atoms with van der Waals surface area (Å²) in [6.07, 6.45) is 2.54. The standard InChI is InChI=1S/C19H27N5O/c1-4-5-6-18(25)20-11-12-21-19-22-15(3)13-17(24-19)23-16-9-7-14(2)8-10-16/h7-10,13H,4-6,11-12H2,1-3H3,(H,20,25)(H2,21,22,23,24). The van der Waals surface area contributed by atoms with Crippen LogP contribution >= 0.6 is 0 Å². The molecule has 0 spiro atoms. The predicted molar refractivity (Wildman–Crippen MR) is 102 cm³/mol. The van der Waals surface area contributed by atoms with Gasteiger partial charge in [0, 0.05) is 37.0 Å². The number of benzene rings is 1. The normalized spacial score (nSPS) is 10.4. The lowest BCUT2D eigenvalue weighted by Crippen LogP contribution is -2.28. The summed E-state index contributed by atoms with van der Waals surface area (Å²) < 4.78 is 0. The van der Waals surface area contributed by atoms with E-state index < -0.39 is 0 Å². The number of carbonyl (C=O) groups excluding carboxylic acids is 1. The molecule has 0 atom stereocenters. The molecule has 1 amide bonds. The van der Waals surface area contributed by atoms with Crippen LogP contribution in [-0.2, 0) is 4.79 Å². The van der Waals surface area contributed by atoms with Gasteiger partial charge in [-0.05, 0) is 32.4 Å². The molecule has 0 unspecified atom stereocenters. The van der Waals surface area contributed by atoms with Gasteiger partial charge in [-0.1, -0.05) is 31.0 Å². The summed E-state index contributed by atoms with van der Waals surface area (Å²) in [5.41, 5.74) is 3.07. The van der Waals surface area contributed by atoms with Crippen LogP contribution < -0.4 is 16.0 Å². The Bertz CT molecular complexity index is 685. The summed E-state index contributed by atoms with van der Waals surface area (Å²) in [5.74, 6) is 1.39. The van der Waals surface area contributed by atoms with Crippen LogP contribution in [0.15, 0.2) is 30.3 Å². The largest absolute Gasteiger partial charge is 0.354 e. The van der Waals surface area contributed by atoms with Crippen LogP contribution in [0.5, 0.6) is 0 Å². The SMILES string of the molecule is CCCCC(=O)NCCNc1nc(C)cc(Nc2ccc(C)cc2)n1. The third-order valence-corrected chi connectivity index (χ3v) is 3.67. The Hall–Kier alpha value is -2.63. The molecule has 2 rings (SSSR count). The van der Waals surface area contributed by atoms with E-state index in [1.165, 1.54) is 5.56 Å². The van der Waals surface area contributed by atoms with Crippen LogP contribution in [0.2, 0.25) is 0 Å². The van der Waals surface area contributed by atoms with Gasteiger partial charge in [-0.2, -0.15) is 4.98 Å². The topological polar surface area (TPSA) is 78.9 Å². The number of amides is 1. The highest BCUT2D eigenvalue weighted by Crippen LogP contribution is 2.17. The predicted octanol–water partition coefficient (Wildman–Crippen LogP) is 3.56. The highest BCUT2D eigenvalue weighted by Gasteiger charge is 2.04. The highest BCUT2D eigenvalue weighted by atomic mass is 16.1. The van der Waals surface area contributed by atoms with E-state index in [0.717, 1.165) is 30.0 Å². The van der Waals surface area contributed by atoms with E-state index in [-0.39, 0.29) is 5.91 Å². The number of rotatable bonds is 9. The lowest BCUT2D eigenvalue weighted by Gasteiger charge is -2.10. The van der Waals surface area contributed by atoms with Crippen molar-refractivity contribution in [2.75, 3.05) is 23.7 Å². The van der Waals surface area contributed by atoms with Gasteiger partial charge in [0.05, 0.1) is 0 Å². The molecule has 1 heterocycles. The zero-order valence-electron chi connectivity index (χ0n) is 15.2. The summed E-state index contributed by atoms with van der Waals surface area (Å²) in [6, 6.07) is 10.0. The number of nitrogens with one attached hydrogen (secondary N) is 3. The molecule has 2 aromatic rings. The maximum absolute atomic E-state index is 11.6. The molecule has 0 aliphatic heterocycles. The Labute approximate surface area is 149 Å². The van der Waals surface area contributed by atoms with Crippen LogP contribution in [0.1, 0.15) is 37.4 Å². The molecule has 0 radical (unpaired) electrons. The molecule has 1 aromatic carbocycles. The number of nitrogens with zero attached hydrogens (tertiary/aromatic N) is 2. The van der Waals surface area contributed by atoms with Gasteiger partial charge in [-0.25, -0.2) is 4.98 Å². The van der Waals surface area contributed by atoms with Crippen molar-refractivity contribution in [1.82, 2.24) is 15.3 Å². The summed E-state index contributed by atoms with van der Waals surface area (Å²) >= 11 is 0. The monoisotopic (exact) mass is 341 g/mol. The van der Waals surface area contributed by atoms with Gasteiger partial charge >= 0.3 is 0 Å². The Morgan fingerprint density at radius 1 is 1.08 bits per heavy atom. The minimum Gasteiger partial charge on any atom is -0.354 e. The first-order chi connectivity index (χ1) is 12.1. The number of hydrogen-bond donors (Lipinski definition) is 3. The zero-order valence-corrected chi connectivity index (χ0v) is 15.2. The van der Waals surface area contributed by atoms with Crippen LogP contribution in [0.3, 0.4) is 0 Å². The van der Waals surface area contributed by atoms with Crippen molar-refractivity contribution in [3.63, 3.8) is 0 Å². The molecule has 25 heavy (non-hydrogen) atoms. The molecule has 0 saturated carbocycles. The second-order valence-electron chi connectivity index (χ2n) is 6.09. The number of aryl methyl sites for hydroxylation is 2. The number of unbranched alkanes of at least 4 members (excludes halogenated alkanes) is 1. The third-order valence-electron chi connectivity index (χ3n) is 3.67. The van der Waals surface area contributed by atoms with E-state index >= 15 is 0 Å². The number of anilines is 3. The van der Waals surface area contributed by atoms with E-state index in [2.05, 4.69) is 51.9 Å². The van der Waals surface area contributed by atoms with E-state index in [0.29, 0.717) is 25.5 Å². The lowest BCUT2D eigenvalue weighted by molar-refractivity contribution is -0.121. The van der Waals surface area contributed by atoms with Crippen LogP contribution in [0.25, 0.3) is 0 Å². The first-order valence-corrected chi connectivity index (χ1v) is 8.77. The van der Waals surface area contributed by atoms with E-state index in [9.17, 15) is 4.79 Å². The molecular weight excluding hydrogens is 314 g/mol. The summed E-state index contributed by atoms with van der Waals surface area (Å²) in [7, 11) is 0. The minimum atomic E-state index is 0.0931. The van der Waals surface area contributed by atoms with Gasteiger partial charge in [-0.3, -0.25) is 4.79 Å². The Morgan fingerprint density at radius 2 is 1.84 bits per heavy atom. The molecule has 0 aliphatic rings. The quantitative estimate of drug-likeness (QED) is 0.608. The fraction of sp³-hybridized carbons (Fsp3) is 0.421. The van der Waals surface area contributed by atoms with Crippen molar-refractivity contribution >= 4 is 23.4 Å². The van der Waals surface area contributed by atoms with Gasteiger partial charge < -0.3 is 16.0 Å². The first kappa shape index (κ1) is 18.7. The van der Waals surface area contributed by atoms with Crippen LogP contribution in [-0.4, -0.2) is 29.0 Å². The summed E-state index contributed by atoms with van der Waals surface area (Å²) in [4.78, 5) is 20.4. The second-order valence-corrected chi connectivity index (χ2v) is 6.09. The average Bonchev–Trinajstić information content (AvgIpc) is 2.58. The van der Waals surface area contributed by atoms with Crippen molar-refractivity contribution in [3.8, 4) is 0 Å². The number of aromatic nitrogens is 2. The lowest BCUT2D eigenvalue weighted by atomic mass is 10.2. The highest BCUT2D eigenvalue weighted by molar-refractivity contribution is 5.75. The molecule has 0 aliphatic carbocycles. The van der Waals surface area contributed by atoms with Gasteiger partial charge in [0.15, 0.2) is 0 Å². The van der Waals surface area contributed by atoms with Gasteiger partial charge in [0.1, 0.15) is 5.82 Å². The molecule has 0 bridgehead atoms. The van der Waals surface area contributed by atoms with Crippen molar-refractivity contribution in [2.45, 2.75) is 40.0 Å². The van der Waals surface area contributed by atoms with E-state index in [1.807, 2.05) is 25.1 Å². The van der Waals surface area contributed by atoms with Crippen molar-refractivity contribution in [3.05, 3.63) is 41.6 Å². The third kappa shape index (κ3) is 6.79. The number of hydrogen-bond acceptors (Lipinski definition) is 5. The summed E-state index contributed by atoms with van der Waals surface area (Å²) in [6.45, 7) is 7.21. The van der Waals surface area contributed by atoms with E-state index in [1.54, 1.807) is 0 Å². The van der Waals surface area contributed by atoms with Gasteiger partial charge in [0.25, 0.3) is 0 Å². The van der Waals surface area contributed by atoms with Crippen molar-refractivity contribution in [2.24, 2.45) is 0 Å². The second kappa shape index (κ2) is 9.61. The Kier molecular flexibility index (Phi) is 7.19. The molecule has 1 aromatic heterocycles. The van der Waals surface area contributed by atoms with Crippen molar-refractivity contribution in [1.29, 1.82) is 0 Å². The Balaban J connectivity index is 1.86. The molecule has 0 saturated heterocycles. The molecular formula is C19H27N5O.